The minimum absolute atomic E-state index is 0.343. The van der Waals surface area contributed by atoms with Crippen molar-refractivity contribution in [2.75, 3.05) is 6.61 Å². The van der Waals surface area contributed by atoms with Crippen LogP contribution in [0.15, 0.2) is 0 Å². The van der Waals surface area contributed by atoms with E-state index < -0.39 is 0 Å². The summed E-state index contributed by atoms with van der Waals surface area (Å²) in [4.78, 5) is 12.0. The molecule has 0 radical (unpaired) electrons. The summed E-state index contributed by atoms with van der Waals surface area (Å²) in [5, 5.41) is 8.40. The predicted octanol–water partition coefficient (Wildman–Crippen LogP) is 3.40. The summed E-state index contributed by atoms with van der Waals surface area (Å²) >= 11 is 0. The van der Waals surface area contributed by atoms with E-state index in [2.05, 4.69) is 31.1 Å². The Morgan fingerprint density at radius 2 is 2.05 bits per heavy atom. The predicted molar refractivity (Wildman–Crippen MR) is 81.2 cm³/mol. The Bertz CT molecular complexity index is 484. The normalized spacial score (nSPS) is 25.8. The zero-order chi connectivity index (χ0) is 15.4. The molecule has 118 valence electrons. The molecule has 2 rings (SSSR count). The first-order valence-corrected chi connectivity index (χ1v) is 8.19. The summed E-state index contributed by atoms with van der Waals surface area (Å²) in [5.74, 6) is 1.11. The summed E-state index contributed by atoms with van der Waals surface area (Å²) in [6, 6.07) is 0.369. The van der Waals surface area contributed by atoms with Gasteiger partial charge in [0.1, 0.15) is 0 Å². The van der Waals surface area contributed by atoms with Crippen LogP contribution in [0.1, 0.15) is 75.6 Å². The SMILES string of the molecule is CCCc1c(C(=O)OCC)nnn1C1CCC(C)C(C)C1. The van der Waals surface area contributed by atoms with Gasteiger partial charge in [-0.15, -0.1) is 5.10 Å². The second-order valence-electron chi connectivity index (χ2n) is 6.22. The molecule has 1 aliphatic carbocycles. The minimum Gasteiger partial charge on any atom is -0.461 e. The van der Waals surface area contributed by atoms with E-state index in [1.54, 1.807) is 0 Å². The summed E-state index contributed by atoms with van der Waals surface area (Å²) in [7, 11) is 0. The highest BCUT2D eigenvalue weighted by molar-refractivity contribution is 5.88. The maximum atomic E-state index is 12.0. The average molecular weight is 293 g/mol. The van der Waals surface area contributed by atoms with Crippen molar-refractivity contribution in [3.63, 3.8) is 0 Å². The second kappa shape index (κ2) is 7.05. The fraction of sp³-hybridized carbons (Fsp3) is 0.812. The molecule has 0 N–H and O–H groups in total. The van der Waals surface area contributed by atoms with Gasteiger partial charge in [0.2, 0.25) is 0 Å². The molecule has 0 aromatic carbocycles. The molecule has 1 fully saturated rings. The lowest BCUT2D eigenvalue weighted by Gasteiger charge is -2.32. The van der Waals surface area contributed by atoms with Gasteiger partial charge in [-0.1, -0.05) is 32.4 Å². The van der Waals surface area contributed by atoms with Crippen LogP contribution in [0.2, 0.25) is 0 Å². The van der Waals surface area contributed by atoms with Crippen molar-refractivity contribution < 1.29 is 9.53 Å². The third kappa shape index (κ3) is 3.44. The fourth-order valence-corrected chi connectivity index (χ4v) is 3.18. The van der Waals surface area contributed by atoms with Crippen LogP contribution >= 0.6 is 0 Å². The first kappa shape index (κ1) is 16.0. The average Bonchev–Trinajstić information content (AvgIpc) is 2.86. The molecular weight excluding hydrogens is 266 g/mol. The van der Waals surface area contributed by atoms with Gasteiger partial charge < -0.3 is 4.74 Å². The Morgan fingerprint density at radius 3 is 2.67 bits per heavy atom. The molecule has 1 saturated carbocycles. The second-order valence-corrected chi connectivity index (χ2v) is 6.22. The van der Waals surface area contributed by atoms with Crippen LogP contribution in [0.5, 0.6) is 0 Å². The molecule has 0 amide bonds. The number of rotatable bonds is 5. The highest BCUT2D eigenvalue weighted by Crippen LogP contribution is 2.36. The number of esters is 1. The molecule has 1 aliphatic rings. The Balaban J connectivity index is 2.25. The van der Waals surface area contributed by atoms with Crippen molar-refractivity contribution in [2.45, 2.75) is 65.8 Å². The standard InChI is InChI=1S/C16H27N3O2/c1-5-7-14-15(16(20)21-6-2)17-18-19(14)13-9-8-11(3)12(4)10-13/h11-13H,5-10H2,1-4H3. The molecule has 0 saturated heterocycles. The number of hydrogen-bond donors (Lipinski definition) is 0. The van der Waals surface area contributed by atoms with Crippen LogP contribution in [-0.2, 0) is 11.2 Å². The number of aromatic nitrogens is 3. The molecule has 5 nitrogen and oxygen atoms in total. The number of nitrogens with zero attached hydrogens (tertiary/aromatic N) is 3. The third-order valence-electron chi connectivity index (χ3n) is 4.66. The molecule has 1 aromatic heterocycles. The van der Waals surface area contributed by atoms with Crippen molar-refractivity contribution in [3.05, 3.63) is 11.4 Å². The van der Waals surface area contributed by atoms with Crippen LogP contribution in [0.4, 0.5) is 0 Å². The van der Waals surface area contributed by atoms with Crippen molar-refractivity contribution in [3.8, 4) is 0 Å². The van der Waals surface area contributed by atoms with Crippen molar-refractivity contribution in [1.82, 2.24) is 15.0 Å². The quantitative estimate of drug-likeness (QED) is 0.781. The van der Waals surface area contributed by atoms with Gasteiger partial charge in [-0.3, -0.25) is 0 Å². The summed E-state index contributed by atoms with van der Waals surface area (Å²) in [6.07, 6.45) is 5.24. The Morgan fingerprint density at radius 1 is 1.29 bits per heavy atom. The molecule has 21 heavy (non-hydrogen) atoms. The molecule has 5 heteroatoms. The van der Waals surface area contributed by atoms with Crippen LogP contribution in [-0.4, -0.2) is 27.6 Å². The first-order valence-electron chi connectivity index (χ1n) is 8.19. The monoisotopic (exact) mass is 293 g/mol. The van der Waals surface area contributed by atoms with Gasteiger partial charge >= 0.3 is 5.97 Å². The molecular formula is C16H27N3O2. The fourth-order valence-electron chi connectivity index (χ4n) is 3.18. The molecule has 0 bridgehead atoms. The van der Waals surface area contributed by atoms with Crippen LogP contribution in [0.3, 0.4) is 0 Å². The molecule has 3 unspecified atom stereocenters. The van der Waals surface area contributed by atoms with Gasteiger partial charge in [0.25, 0.3) is 0 Å². The van der Waals surface area contributed by atoms with Crippen LogP contribution in [0.25, 0.3) is 0 Å². The molecule has 1 aromatic rings. The maximum absolute atomic E-state index is 12.0. The summed E-state index contributed by atoms with van der Waals surface area (Å²) in [5.41, 5.74) is 1.35. The zero-order valence-electron chi connectivity index (χ0n) is 13.6. The molecule has 1 heterocycles. The highest BCUT2D eigenvalue weighted by atomic mass is 16.5. The lowest BCUT2D eigenvalue weighted by atomic mass is 9.79. The Hall–Kier alpha value is -1.39. The van der Waals surface area contributed by atoms with Crippen molar-refractivity contribution in [2.24, 2.45) is 11.8 Å². The van der Waals surface area contributed by atoms with E-state index in [4.69, 9.17) is 4.74 Å². The third-order valence-corrected chi connectivity index (χ3v) is 4.66. The number of carbonyl (C=O) groups excluding carboxylic acids is 1. The lowest BCUT2D eigenvalue weighted by molar-refractivity contribution is 0.0518. The largest absolute Gasteiger partial charge is 0.461 e. The van der Waals surface area contributed by atoms with E-state index in [0.29, 0.717) is 24.3 Å². The molecule has 0 spiro atoms. The number of carbonyl (C=O) groups is 1. The minimum atomic E-state index is -0.343. The Labute approximate surface area is 127 Å². The van der Waals surface area contributed by atoms with E-state index >= 15 is 0 Å². The first-order chi connectivity index (χ1) is 10.1. The lowest BCUT2D eigenvalue weighted by Crippen LogP contribution is -2.25. The van der Waals surface area contributed by atoms with Gasteiger partial charge in [0.15, 0.2) is 5.69 Å². The van der Waals surface area contributed by atoms with Gasteiger partial charge in [0, 0.05) is 0 Å². The maximum Gasteiger partial charge on any atom is 0.360 e. The van der Waals surface area contributed by atoms with Gasteiger partial charge in [0.05, 0.1) is 18.3 Å². The smallest absolute Gasteiger partial charge is 0.360 e. The van der Waals surface area contributed by atoms with Crippen molar-refractivity contribution >= 4 is 5.97 Å². The van der Waals surface area contributed by atoms with E-state index in [0.717, 1.165) is 37.3 Å². The van der Waals surface area contributed by atoms with Crippen LogP contribution in [0, 0.1) is 11.8 Å². The highest BCUT2D eigenvalue weighted by Gasteiger charge is 2.30. The number of hydrogen-bond acceptors (Lipinski definition) is 4. The van der Waals surface area contributed by atoms with Gasteiger partial charge in [-0.25, -0.2) is 9.48 Å². The van der Waals surface area contributed by atoms with E-state index in [9.17, 15) is 4.79 Å². The van der Waals surface area contributed by atoms with Gasteiger partial charge in [-0.05, 0) is 44.4 Å². The van der Waals surface area contributed by atoms with Crippen molar-refractivity contribution in [1.29, 1.82) is 0 Å². The Kier molecular flexibility index (Phi) is 5.37. The zero-order valence-corrected chi connectivity index (χ0v) is 13.6. The topological polar surface area (TPSA) is 57.0 Å². The molecule has 0 aliphatic heterocycles. The summed E-state index contributed by atoms with van der Waals surface area (Å²) in [6.45, 7) is 8.91. The van der Waals surface area contributed by atoms with Crippen LogP contribution < -0.4 is 0 Å². The van der Waals surface area contributed by atoms with E-state index in [1.165, 1.54) is 6.42 Å². The van der Waals surface area contributed by atoms with E-state index in [1.807, 2.05) is 11.6 Å². The van der Waals surface area contributed by atoms with E-state index in [-0.39, 0.29) is 5.97 Å². The van der Waals surface area contributed by atoms with Gasteiger partial charge in [-0.2, -0.15) is 0 Å². The summed E-state index contributed by atoms with van der Waals surface area (Å²) < 4.78 is 7.10. The number of ether oxygens (including phenoxy) is 1. The molecule has 3 atom stereocenters.